The lowest BCUT2D eigenvalue weighted by Crippen LogP contribution is -2.13. The third-order valence-corrected chi connectivity index (χ3v) is 3.38. The van der Waals surface area contributed by atoms with Gasteiger partial charge in [-0.1, -0.05) is 18.2 Å². The zero-order chi connectivity index (χ0) is 12.3. The number of nitrogens with two attached hydrogens (primary N) is 2. The fourth-order valence-corrected chi connectivity index (χ4v) is 2.21. The Morgan fingerprint density at radius 3 is 2.29 bits per heavy atom. The summed E-state index contributed by atoms with van der Waals surface area (Å²) in [6, 6.07) is 14.2. The Balaban J connectivity index is 2.13. The molecule has 0 heterocycles. The molecule has 2 rings (SSSR count). The maximum Gasteiger partial charge on any atom is 0.179 e. The molecule has 0 aliphatic rings. The van der Waals surface area contributed by atoms with Crippen molar-refractivity contribution >= 4 is 28.4 Å². The molecule has 1 atom stereocenters. The Bertz CT molecular complexity index is 504. The van der Waals surface area contributed by atoms with Gasteiger partial charge < -0.3 is 16.0 Å². The molecular weight excluding hydrogens is 234 g/mol. The number of anilines is 3. The highest BCUT2D eigenvalue weighted by Crippen LogP contribution is 2.22. The maximum atomic E-state index is 11.9. The van der Waals surface area contributed by atoms with Gasteiger partial charge in [0, 0.05) is 0 Å². The summed E-state index contributed by atoms with van der Waals surface area (Å²) in [5.74, 6) is 0. The molecule has 5 heteroatoms. The van der Waals surface area contributed by atoms with E-state index in [9.17, 15) is 4.55 Å². The van der Waals surface area contributed by atoms with Crippen molar-refractivity contribution in [2.24, 2.45) is 0 Å². The van der Waals surface area contributed by atoms with E-state index in [2.05, 4.69) is 4.72 Å². The second kappa shape index (κ2) is 4.99. The van der Waals surface area contributed by atoms with Gasteiger partial charge in [0.1, 0.15) is 11.4 Å². The highest BCUT2D eigenvalue weighted by Gasteiger charge is 2.10. The van der Waals surface area contributed by atoms with Gasteiger partial charge in [0.25, 0.3) is 0 Å². The second-order valence-corrected chi connectivity index (χ2v) is 4.74. The second-order valence-electron chi connectivity index (χ2n) is 3.53. The summed E-state index contributed by atoms with van der Waals surface area (Å²) in [5, 5.41) is 0. The Hall–Kier alpha value is -1.85. The normalized spacial score (nSPS) is 12.1. The van der Waals surface area contributed by atoms with Crippen LogP contribution in [0.2, 0.25) is 0 Å². The van der Waals surface area contributed by atoms with E-state index < -0.39 is 11.4 Å². The minimum Gasteiger partial charge on any atom is -0.588 e. The molecule has 88 valence electrons. The molecule has 0 spiro atoms. The summed E-state index contributed by atoms with van der Waals surface area (Å²) in [6.45, 7) is 0. The Morgan fingerprint density at radius 2 is 1.65 bits per heavy atom. The first-order valence-corrected chi connectivity index (χ1v) is 6.20. The minimum absolute atomic E-state index is 0.472. The third-order valence-electron chi connectivity index (χ3n) is 2.25. The SMILES string of the molecule is Nc1ccc(N[S+]([O-])c2ccccc2)cc1N. The predicted octanol–water partition coefficient (Wildman–Crippen LogP) is 1.99. The van der Waals surface area contributed by atoms with Crippen LogP contribution in [0.25, 0.3) is 0 Å². The monoisotopic (exact) mass is 247 g/mol. The van der Waals surface area contributed by atoms with E-state index in [0.717, 1.165) is 0 Å². The molecule has 0 amide bonds. The number of hydrogen-bond acceptors (Lipinski definition) is 4. The summed E-state index contributed by atoms with van der Waals surface area (Å²) in [7, 11) is 0. The van der Waals surface area contributed by atoms with Crippen LogP contribution in [-0.4, -0.2) is 4.55 Å². The molecule has 5 N–H and O–H groups in total. The van der Waals surface area contributed by atoms with Gasteiger partial charge in [0.15, 0.2) is 4.90 Å². The zero-order valence-corrected chi connectivity index (χ0v) is 9.91. The van der Waals surface area contributed by atoms with Crippen LogP contribution in [0.5, 0.6) is 0 Å². The van der Waals surface area contributed by atoms with E-state index in [4.69, 9.17) is 11.5 Å². The Kier molecular flexibility index (Phi) is 3.41. The number of rotatable bonds is 3. The van der Waals surface area contributed by atoms with Crippen molar-refractivity contribution in [3.63, 3.8) is 0 Å². The van der Waals surface area contributed by atoms with Gasteiger partial charge in [-0.2, -0.15) is 0 Å². The van der Waals surface area contributed by atoms with E-state index in [-0.39, 0.29) is 0 Å². The van der Waals surface area contributed by atoms with Crippen LogP contribution in [0.1, 0.15) is 0 Å². The van der Waals surface area contributed by atoms with E-state index in [1.165, 1.54) is 0 Å². The smallest absolute Gasteiger partial charge is 0.179 e. The summed E-state index contributed by atoms with van der Waals surface area (Å²) in [4.78, 5) is 0.711. The molecule has 0 radical (unpaired) electrons. The summed E-state index contributed by atoms with van der Waals surface area (Å²) < 4.78 is 14.8. The van der Waals surface area contributed by atoms with E-state index in [1.54, 1.807) is 30.3 Å². The summed E-state index contributed by atoms with van der Waals surface area (Å²) >= 11 is -1.30. The van der Waals surface area contributed by atoms with Gasteiger partial charge in [-0.3, -0.25) is 0 Å². The van der Waals surface area contributed by atoms with Crippen LogP contribution in [0, 0.1) is 0 Å². The first-order chi connectivity index (χ1) is 8.16. The molecule has 0 aliphatic carbocycles. The lowest BCUT2D eigenvalue weighted by atomic mass is 10.2. The fourth-order valence-electron chi connectivity index (χ4n) is 1.35. The number of hydrogen-bond donors (Lipinski definition) is 3. The average molecular weight is 247 g/mol. The standard InChI is InChI=1S/C12H13N3OS/c13-11-7-6-9(8-12(11)14)15-17(16)10-4-2-1-3-5-10/h1-8,15H,13-14H2. The van der Waals surface area contributed by atoms with Crippen molar-refractivity contribution in [1.29, 1.82) is 0 Å². The van der Waals surface area contributed by atoms with Crippen LogP contribution in [0.15, 0.2) is 53.4 Å². The fraction of sp³-hybridized carbons (Fsp3) is 0. The van der Waals surface area contributed by atoms with E-state index in [1.807, 2.05) is 18.2 Å². The predicted molar refractivity (Wildman–Crippen MR) is 71.7 cm³/mol. The number of nitrogen functional groups attached to an aromatic ring is 2. The maximum absolute atomic E-state index is 11.9. The largest absolute Gasteiger partial charge is 0.588 e. The van der Waals surface area contributed by atoms with Crippen molar-refractivity contribution in [1.82, 2.24) is 0 Å². The minimum atomic E-state index is -1.30. The van der Waals surface area contributed by atoms with Crippen LogP contribution >= 0.6 is 0 Å². The molecule has 0 aliphatic heterocycles. The molecule has 0 saturated carbocycles. The Morgan fingerprint density at radius 1 is 0.941 bits per heavy atom. The average Bonchev–Trinajstić information content (AvgIpc) is 2.35. The molecule has 2 aromatic carbocycles. The van der Waals surface area contributed by atoms with Crippen molar-refractivity contribution in [3.8, 4) is 0 Å². The summed E-state index contributed by atoms with van der Waals surface area (Å²) in [5.41, 5.74) is 12.9. The topological polar surface area (TPSA) is 87.1 Å². The molecule has 0 aromatic heterocycles. The summed E-state index contributed by atoms with van der Waals surface area (Å²) in [6.07, 6.45) is 0. The highest BCUT2D eigenvalue weighted by molar-refractivity contribution is 7.92. The van der Waals surface area contributed by atoms with E-state index >= 15 is 0 Å². The van der Waals surface area contributed by atoms with Crippen molar-refractivity contribution < 1.29 is 4.55 Å². The quantitative estimate of drug-likeness (QED) is 0.571. The first-order valence-electron chi connectivity index (χ1n) is 5.05. The van der Waals surface area contributed by atoms with Crippen molar-refractivity contribution in [2.75, 3.05) is 16.2 Å². The zero-order valence-electron chi connectivity index (χ0n) is 9.09. The first kappa shape index (κ1) is 11.6. The van der Waals surface area contributed by atoms with Crippen LogP contribution < -0.4 is 16.2 Å². The van der Waals surface area contributed by atoms with Gasteiger partial charge in [-0.15, -0.1) is 0 Å². The number of benzene rings is 2. The lowest BCUT2D eigenvalue weighted by molar-refractivity contribution is 0.600. The van der Waals surface area contributed by atoms with Crippen molar-refractivity contribution in [2.45, 2.75) is 4.90 Å². The molecule has 4 nitrogen and oxygen atoms in total. The van der Waals surface area contributed by atoms with Gasteiger partial charge in [-0.05, 0) is 30.3 Å². The van der Waals surface area contributed by atoms with Gasteiger partial charge in [0.2, 0.25) is 0 Å². The van der Waals surface area contributed by atoms with E-state index in [0.29, 0.717) is 22.0 Å². The molecule has 1 unspecified atom stereocenters. The molecule has 0 bridgehead atoms. The van der Waals surface area contributed by atoms with Gasteiger partial charge >= 0.3 is 0 Å². The molecule has 17 heavy (non-hydrogen) atoms. The van der Waals surface area contributed by atoms with Gasteiger partial charge in [0.05, 0.1) is 17.1 Å². The molecular formula is C12H13N3OS. The van der Waals surface area contributed by atoms with Crippen molar-refractivity contribution in [3.05, 3.63) is 48.5 Å². The lowest BCUT2D eigenvalue weighted by Gasteiger charge is -2.12. The molecule has 2 aromatic rings. The highest BCUT2D eigenvalue weighted by atomic mass is 32.2. The molecule has 0 saturated heterocycles. The Labute approximate surface area is 103 Å². The number of nitrogens with one attached hydrogen (secondary N) is 1. The van der Waals surface area contributed by atoms with Crippen LogP contribution in [0.4, 0.5) is 17.1 Å². The third kappa shape index (κ3) is 2.83. The van der Waals surface area contributed by atoms with Gasteiger partial charge in [-0.25, -0.2) is 4.72 Å². The van der Waals surface area contributed by atoms with Crippen LogP contribution in [-0.2, 0) is 11.4 Å². The van der Waals surface area contributed by atoms with Crippen LogP contribution in [0.3, 0.4) is 0 Å². The molecule has 0 fully saturated rings.